The molecule has 53 heavy (non-hydrogen) atoms. The van der Waals surface area contributed by atoms with E-state index in [9.17, 15) is 14.4 Å². The molecule has 1 heterocycles. The van der Waals surface area contributed by atoms with Crippen molar-refractivity contribution < 1.29 is 38.8 Å². The van der Waals surface area contributed by atoms with Gasteiger partial charge < -0.3 is 40.4 Å². The van der Waals surface area contributed by atoms with Crippen LogP contribution in [0.1, 0.15) is 60.5 Å². The molecule has 5 N–H and O–H groups in total. The highest BCUT2D eigenvalue weighted by atomic mass is 16.5. The first-order chi connectivity index (χ1) is 25.7. The summed E-state index contributed by atoms with van der Waals surface area (Å²) < 4.78 is 18.1. The second-order valence-electron chi connectivity index (χ2n) is 12.9. The number of aliphatic carboxylic acids is 2. The van der Waals surface area contributed by atoms with Gasteiger partial charge in [-0.25, -0.2) is 0 Å². The van der Waals surface area contributed by atoms with Gasteiger partial charge in [0.15, 0.2) is 6.61 Å². The Hall–Kier alpha value is -5.46. The highest BCUT2D eigenvalue weighted by Crippen LogP contribution is 2.42. The minimum absolute atomic E-state index is 0.0816. The molecule has 1 aliphatic rings. The first-order valence-electron chi connectivity index (χ1n) is 18.0. The standard InChI is InChI=1S/C41H48N4O8/c1-27-31(28-13-16-30(17-14-28)51-24-23-43-21-5-11-39(47)48)7-3-8-32(27)33-9-4-10-35-34(33)18-19-36(35)53-38-20-15-29(25-44-22-6-12-40(49)50)41(45-38)52-26-37(46)42-2/h3-4,7-10,13-17,20,36,43-44H,5-6,11-12,18-19,21-26H2,1-2H3,(H,42,46)(H,47,48)(H,49,50)/t36-/m0/s1. The summed E-state index contributed by atoms with van der Waals surface area (Å²) in [5.74, 6) is -0.439. The van der Waals surface area contributed by atoms with Crippen LogP contribution in [0.3, 0.4) is 0 Å². The second kappa shape index (κ2) is 19.4. The predicted molar refractivity (Wildman–Crippen MR) is 201 cm³/mol. The largest absolute Gasteiger partial charge is 0.492 e. The van der Waals surface area contributed by atoms with Crippen molar-refractivity contribution >= 4 is 17.8 Å². The second-order valence-corrected chi connectivity index (χ2v) is 12.9. The van der Waals surface area contributed by atoms with Crippen molar-refractivity contribution in [3.8, 4) is 39.8 Å². The lowest BCUT2D eigenvalue weighted by atomic mass is 9.89. The van der Waals surface area contributed by atoms with Crippen molar-refractivity contribution in [1.82, 2.24) is 20.9 Å². The van der Waals surface area contributed by atoms with Crippen molar-refractivity contribution in [1.29, 1.82) is 0 Å². The maximum atomic E-state index is 11.9. The SMILES string of the molecule is CNC(=O)COc1nc(O[C@H]2CCc3c(-c4cccc(-c5ccc(OCCNCCCC(=O)O)cc5)c4C)cccc32)ccc1CNCCCC(=O)O. The molecule has 0 saturated carbocycles. The number of hydrogen-bond donors (Lipinski definition) is 5. The third-order valence-electron chi connectivity index (χ3n) is 9.15. The number of nitrogens with zero attached hydrogens (tertiary/aromatic N) is 1. The first kappa shape index (κ1) is 38.8. The number of aromatic nitrogens is 1. The normalized spacial score (nSPS) is 13.3. The van der Waals surface area contributed by atoms with Gasteiger partial charge in [0.1, 0.15) is 18.5 Å². The highest BCUT2D eigenvalue weighted by Gasteiger charge is 2.28. The first-order valence-corrected chi connectivity index (χ1v) is 18.0. The van der Waals surface area contributed by atoms with Gasteiger partial charge in [0, 0.05) is 44.6 Å². The van der Waals surface area contributed by atoms with Gasteiger partial charge in [0.25, 0.3) is 5.91 Å². The molecular formula is C41H48N4O8. The topological polar surface area (TPSA) is 168 Å². The zero-order chi connectivity index (χ0) is 37.6. The van der Waals surface area contributed by atoms with Crippen LogP contribution in [-0.4, -0.2) is 72.9 Å². The Kier molecular flexibility index (Phi) is 14.2. The number of nitrogens with one attached hydrogen (secondary N) is 3. The van der Waals surface area contributed by atoms with Gasteiger partial charge in [0.2, 0.25) is 11.8 Å². The quantitative estimate of drug-likeness (QED) is 0.0669. The van der Waals surface area contributed by atoms with Gasteiger partial charge in [-0.15, -0.1) is 0 Å². The minimum Gasteiger partial charge on any atom is -0.492 e. The van der Waals surface area contributed by atoms with Crippen LogP contribution in [0.25, 0.3) is 22.3 Å². The van der Waals surface area contributed by atoms with E-state index in [1.54, 1.807) is 13.1 Å². The Morgan fingerprint density at radius 1 is 0.811 bits per heavy atom. The molecule has 0 unspecified atom stereocenters. The zero-order valence-corrected chi connectivity index (χ0v) is 30.3. The van der Waals surface area contributed by atoms with Crippen molar-refractivity contribution in [2.45, 2.75) is 58.1 Å². The molecule has 5 rings (SSSR count). The number of fused-ring (bicyclic) bond motifs is 1. The number of ether oxygens (including phenoxy) is 3. The smallest absolute Gasteiger partial charge is 0.303 e. The number of carboxylic acid groups (broad SMARTS) is 2. The molecule has 0 aliphatic heterocycles. The van der Waals surface area contributed by atoms with Gasteiger partial charge in [-0.05, 0) is 103 Å². The van der Waals surface area contributed by atoms with Crippen molar-refractivity contribution in [3.05, 3.63) is 95.1 Å². The van der Waals surface area contributed by atoms with Crippen LogP contribution in [0.5, 0.6) is 17.5 Å². The summed E-state index contributed by atoms with van der Waals surface area (Å²) >= 11 is 0. The third-order valence-corrected chi connectivity index (χ3v) is 9.15. The van der Waals surface area contributed by atoms with Gasteiger partial charge in [-0.1, -0.05) is 48.5 Å². The Bertz CT molecular complexity index is 1860. The predicted octanol–water partition coefficient (Wildman–Crippen LogP) is 5.70. The number of amides is 1. The molecular weight excluding hydrogens is 676 g/mol. The average Bonchev–Trinajstić information content (AvgIpc) is 3.56. The number of hydrogen-bond acceptors (Lipinski definition) is 9. The molecule has 0 spiro atoms. The van der Waals surface area contributed by atoms with Crippen molar-refractivity contribution in [2.24, 2.45) is 0 Å². The summed E-state index contributed by atoms with van der Waals surface area (Å²) in [6.45, 7) is 4.66. The third kappa shape index (κ3) is 11.0. The van der Waals surface area contributed by atoms with E-state index in [0.29, 0.717) is 51.5 Å². The molecule has 1 aliphatic carbocycles. The van der Waals surface area contributed by atoms with Crippen LogP contribution >= 0.6 is 0 Å². The highest BCUT2D eigenvalue weighted by molar-refractivity contribution is 5.81. The van der Waals surface area contributed by atoms with Crippen LogP contribution in [0.2, 0.25) is 0 Å². The van der Waals surface area contributed by atoms with Crippen LogP contribution in [0.15, 0.2) is 72.8 Å². The molecule has 12 nitrogen and oxygen atoms in total. The Morgan fingerprint density at radius 3 is 2.25 bits per heavy atom. The van der Waals surface area contributed by atoms with Gasteiger partial charge in [-0.3, -0.25) is 14.4 Å². The van der Waals surface area contributed by atoms with Gasteiger partial charge in [-0.2, -0.15) is 4.98 Å². The van der Waals surface area contributed by atoms with Crippen LogP contribution < -0.4 is 30.2 Å². The van der Waals surface area contributed by atoms with Gasteiger partial charge in [0.05, 0.1) is 0 Å². The minimum atomic E-state index is -0.836. The van der Waals surface area contributed by atoms with E-state index in [0.717, 1.165) is 46.4 Å². The maximum Gasteiger partial charge on any atom is 0.303 e. The molecule has 12 heteroatoms. The van der Waals surface area contributed by atoms with E-state index in [2.05, 4.69) is 76.4 Å². The zero-order valence-electron chi connectivity index (χ0n) is 30.3. The van der Waals surface area contributed by atoms with Crippen LogP contribution in [0, 0.1) is 6.92 Å². The van der Waals surface area contributed by atoms with E-state index >= 15 is 0 Å². The monoisotopic (exact) mass is 724 g/mol. The molecule has 280 valence electrons. The Labute approximate surface area is 309 Å². The Morgan fingerprint density at radius 2 is 1.51 bits per heavy atom. The summed E-state index contributed by atoms with van der Waals surface area (Å²) in [7, 11) is 1.54. The fraction of sp³-hybridized carbons (Fsp3) is 0.366. The number of carboxylic acids is 2. The molecule has 0 saturated heterocycles. The fourth-order valence-electron chi connectivity index (χ4n) is 6.41. The molecule has 0 fully saturated rings. The maximum absolute atomic E-state index is 11.9. The Balaban J connectivity index is 1.26. The fourth-order valence-corrected chi connectivity index (χ4v) is 6.41. The summed E-state index contributed by atoms with van der Waals surface area (Å²) in [4.78, 5) is 38.1. The molecule has 4 aromatic rings. The van der Waals surface area contributed by atoms with E-state index in [1.807, 2.05) is 18.2 Å². The summed E-state index contributed by atoms with van der Waals surface area (Å²) in [6, 6.07) is 24.5. The lowest BCUT2D eigenvalue weighted by Gasteiger charge is -2.18. The lowest BCUT2D eigenvalue weighted by molar-refractivity contribution is -0.138. The molecule has 1 aromatic heterocycles. The number of benzene rings is 3. The van der Waals surface area contributed by atoms with E-state index in [-0.39, 0.29) is 37.3 Å². The number of carbonyl (C=O) groups is 3. The number of rotatable bonds is 21. The molecule has 0 radical (unpaired) electrons. The van der Waals surface area contributed by atoms with Crippen LogP contribution in [-0.2, 0) is 27.3 Å². The van der Waals surface area contributed by atoms with Crippen molar-refractivity contribution in [3.63, 3.8) is 0 Å². The van der Waals surface area contributed by atoms with Gasteiger partial charge >= 0.3 is 11.9 Å². The molecule has 1 atom stereocenters. The van der Waals surface area contributed by atoms with Crippen LogP contribution in [0.4, 0.5) is 0 Å². The average molecular weight is 725 g/mol. The molecule has 0 bridgehead atoms. The number of carbonyl (C=O) groups excluding carboxylic acids is 1. The summed E-state index contributed by atoms with van der Waals surface area (Å²) in [5.41, 5.74) is 8.85. The van der Waals surface area contributed by atoms with Crippen molar-refractivity contribution in [2.75, 3.05) is 39.9 Å². The molecule has 1 amide bonds. The van der Waals surface area contributed by atoms with E-state index in [1.165, 1.54) is 16.7 Å². The van der Waals surface area contributed by atoms with E-state index < -0.39 is 11.9 Å². The molecule has 3 aromatic carbocycles. The number of likely N-dealkylation sites (N-methyl/N-ethyl adjacent to an activating group) is 1. The van der Waals surface area contributed by atoms with E-state index in [4.69, 9.17) is 24.4 Å². The number of pyridine rings is 1. The summed E-state index contributed by atoms with van der Waals surface area (Å²) in [6.07, 6.45) is 2.75. The summed E-state index contributed by atoms with van der Waals surface area (Å²) in [5, 5.41) is 26.6. The lowest BCUT2D eigenvalue weighted by Crippen LogP contribution is -2.25.